The summed E-state index contributed by atoms with van der Waals surface area (Å²) in [6.07, 6.45) is 3.03. The fourth-order valence-electron chi connectivity index (χ4n) is 4.01. The Morgan fingerprint density at radius 3 is 2.67 bits per heavy atom. The highest BCUT2D eigenvalue weighted by molar-refractivity contribution is 7.99. The Bertz CT molecular complexity index is 1230. The molecule has 1 atom stereocenters. The predicted molar refractivity (Wildman–Crippen MR) is 144 cm³/mol. The van der Waals surface area contributed by atoms with E-state index in [0.29, 0.717) is 34.8 Å². The topological polar surface area (TPSA) is 90.3 Å². The third-order valence-corrected chi connectivity index (χ3v) is 6.85. The van der Waals surface area contributed by atoms with Crippen LogP contribution in [-0.4, -0.2) is 40.1 Å². The first kappa shape index (κ1) is 25.6. The van der Waals surface area contributed by atoms with E-state index in [-0.39, 0.29) is 5.91 Å². The Balaban J connectivity index is 1.75. The van der Waals surface area contributed by atoms with Gasteiger partial charge in [-0.3, -0.25) is 4.79 Å². The number of thioether (sulfide) groups is 1. The summed E-state index contributed by atoms with van der Waals surface area (Å²) in [4.78, 5) is 18.3. The predicted octanol–water partition coefficient (Wildman–Crippen LogP) is 5.90. The number of ether oxygens (including phenoxy) is 2. The van der Waals surface area contributed by atoms with Crippen molar-refractivity contribution in [3.63, 3.8) is 0 Å². The maximum atomic E-state index is 13.6. The molecule has 0 spiro atoms. The first-order valence-corrected chi connectivity index (χ1v) is 13.3. The van der Waals surface area contributed by atoms with Crippen LogP contribution in [0.15, 0.2) is 65.0 Å². The number of allylic oxidation sites excluding steroid dienone is 1. The van der Waals surface area contributed by atoms with Crippen molar-refractivity contribution < 1.29 is 14.3 Å². The molecule has 0 aliphatic carbocycles. The molecule has 1 unspecified atom stereocenters. The number of nitrogens with zero attached hydrogens (tertiary/aromatic N) is 3. The fourth-order valence-corrected chi connectivity index (χ4v) is 4.69. The zero-order valence-electron chi connectivity index (χ0n) is 21.2. The van der Waals surface area contributed by atoms with Crippen molar-refractivity contribution >= 4 is 29.3 Å². The Labute approximate surface area is 216 Å². The molecule has 1 aliphatic rings. The van der Waals surface area contributed by atoms with Crippen LogP contribution in [0.2, 0.25) is 0 Å². The molecule has 1 aliphatic heterocycles. The van der Waals surface area contributed by atoms with Gasteiger partial charge in [0.25, 0.3) is 5.91 Å². The van der Waals surface area contributed by atoms with Crippen LogP contribution >= 0.6 is 11.8 Å². The van der Waals surface area contributed by atoms with Crippen molar-refractivity contribution in [3.8, 4) is 11.5 Å². The van der Waals surface area contributed by atoms with Gasteiger partial charge in [0, 0.05) is 17.1 Å². The summed E-state index contributed by atoms with van der Waals surface area (Å²) in [5, 5.41) is 11.8. The van der Waals surface area contributed by atoms with Crippen molar-refractivity contribution in [2.75, 3.05) is 30.1 Å². The Morgan fingerprint density at radius 1 is 1.14 bits per heavy atom. The largest absolute Gasteiger partial charge is 0.493 e. The Morgan fingerprint density at radius 2 is 1.94 bits per heavy atom. The van der Waals surface area contributed by atoms with E-state index in [0.717, 1.165) is 42.0 Å². The number of para-hydroxylation sites is 1. The van der Waals surface area contributed by atoms with Gasteiger partial charge in [0.2, 0.25) is 11.1 Å². The molecule has 190 valence electrons. The van der Waals surface area contributed by atoms with E-state index in [1.807, 2.05) is 55.5 Å². The Kier molecular flexibility index (Phi) is 8.53. The van der Waals surface area contributed by atoms with Crippen LogP contribution in [0.4, 0.5) is 11.6 Å². The minimum atomic E-state index is -0.493. The van der Waals surface area contributed by atoms with Gasteiger partial charge in [-0.2, -0.15) is 4.98 Å². The molecule has 0 radical (unpaired) electrons. The second-order valence-corrected chi connectivity index (χ2v) is 9.57. The summed E-state index contributed by atoms with van der Waals surface area (Å²) < 4.78 is 13.4. The van der Waals surface area contributed by atoms with E-state index in [4.69, 9.17) is 14.6 Å². The highest BCUT2D eigenvalue weighted by Crippen LogP contribution is 2.40. The Hall–Kier alpha value is -3.46. The lowest BCUT2D eigenvalue weighted by atomic mass is 9.94. The molecule has 36 heavy (non-hydrogen) atoms. The molecule has 2 aromatic carbocycles. The number of hydrogen-bond acceptors (Lipinski definition) is 7. The first-order chi connectivity index (χ1) is 17.5. The summed E-state index contributed by atoms with van der Waals surface area (Å²) in [5.74, 6) is 2.61. The standard InChI is InChI=1S/C27H33N5O3S/c1-5-7-15-35-21-14-13-19(17-22(21)34-4)24-23(25(33)29-20-11-9-8-10-12-20)18(3)28-26-30-27(31-32(24)26)36-16-6-2/h8-14,17,24H,5-7,15-16H2,1-4H3,(H,29,33)(H,28,30,31). The van der Waals surface area contributed by atoms with Gasteiger partial charge < -0.3 is 20.1 Å². The van der Waals surface area contributed by atoms with E-state index >= 15 is 0 Å². The number of aromatic nitrogens is 3. The number of nitrogens with one attached hydrogen (secondary N) is 2. The molecule has 0 saturated carbocycles. The molecule has 8 nitrogen and oxygen atoms in total. The van der Waals surface area contributed by atoms with Gasteiger partial charge in [0.1, 0.15) is 6.04 Å². The van der Waals surface area contributed by atoms with Gasteiger partial charge in [0.05, 0.1) is 19.3 Å². The molecule has 2 N–H and O–H groups in total. The number of carbonyl (C=O) groups is 1. The van der Waals surface area contributed by atoms with Crippen molar-refractivity contribution in [3.05, 3.63) is 65.4 Å². The maximum absolute atomic E-state index is 13.6. The maximum Gasteiger partial charge on any atom is 0.255 e. The molecule has 0 fully saturated rings. The average Bonchev–Trinajstić information content (AvgIpc) is 3.29. The molecule has 9 heteroatoms. The number of unbranched alkanes of at least 4 members (excludes halogenated alkanes) is 1. The van der Waals surface area contributed by atoms with Crippen LogP contribution in [-0.2, 0) is 4.79 Å². The highest BCUT2D eigenvalue weighted by atomic mass is 32.2. The minimum Gasteiger partial charge on any atom is -0.493 e. The SMILES string of the molecule is CCCCOc1ccc(C2C(C(=O)Nc3ccccc3)=C(C)Nc3nc(SCCC)nn32)cc1OC. The lowest BCUT2D eigenvalue weighted by Crippen LogP contribution is -2.31. The number of benzene rings is 2. The highest BCUT2D eigenvalue weighted by Gasteiger charge is 2.35. The van der Waals surface area contributed by atoms with Crippen LogP contribution in [0.5, 0.6) is 11.5 Å². The van der Waals surface area contributed by atoms with E-state index in [2.05, 4.69) is 29.5 Å². The number of carbonyl (C=O) groups excluding carboxylic acids is 1. The second-order valence-electron chi connectivity index (χ2n) is 8.51. The molecule has 2 heterocycles. The van der Waals surface area contributed by atoms with Crippen LogP contribution in [0.25, 0.3) is 0 Å². The number of rotatable bonds is 11. The van der Waals surface area contributed by atoms with Gasteiger partial charge >= 0.3 is 0 Å². The van der Waals surface area contributed by atoms with Crippen molar-refractivity contribution in [1.29, 1.82) is 0 Å². The molecule has 3 aromatic rings. The average molecular weight is 508 g/mol. The van der Waals surface area contributed by atoms with Crippen LogP contribution < -0.4 is 20.1 Å². The lowest BCUT2D eigenvalue weighted by Gasteiger charge is -2.29. The summed E-state index contributed by atoms with van der Waals surface area (Å²) in [6, 6.07) is 14.7. The number of fused-ring (bicyclic) bond motifs is 1. The first-order valence-electron chi connectivity index (χ1n) is 12.3. The van der Waals surface area contributed by atoms with E-state index < -0.39 is 6.04 Å². The smallest absolute Gasteiger partial charge is 0.255 e. The number of hydrogen-bond donors (Lipinski definition) is 2. The third-order valence-electron chi connectivity index (χ3n) is 5.80. The minimum absolute atomic E-state index is 0.206. The van der Waals surface area contributed by atoms with E-state index in [1.54, 1.807) is 23.6 Å². The summed E-state index contributed by atoms with van der Waals surface area (Å²) in [7, 11) is 1.62. The van der Waals surface area contributed by atoms with Gasteiger partial charge in [0.15, 0.2) is 11.5 Å². The monoisotopic (exact) mass is 507 g/mol. The van der Waals surface area contributed by atoms with Gasteiger partial charge in [-0.05, 0) is 49.6 Å². The molecular formula is C27H33N5O3S. The zero-order valence-corrected chi connectivity index (χ0v) is 22.0. The zero-order chi connectivity index (χ0) is 25.5. The van der Waals surface area contributed by atoms with E-state index in [9.17, 15) is 4.79 Å². The van der Waals surface area contributed by atoms with Crippen LogP contribution in [0, 0.1) is 0 Å². The molecule has 1 amide bonds. The molecular weight excluding hydrogens is 474 g/mol. The normalized spacial score (nSPS) is 14.7. The van der Waals surface area contributed by atoms with Crippen molar-refractivity contribution in [2.24, 2.45) is 0 Å². The molecule has 1 aromatic heterocycles. The molecule has 4 rings (SSSR count). The summed E-state index contributed by atoms with van der Waals surface area (Å²) in [6.45, 7) is 6.76. The van der Waals surface area contributed by atoms with Crippen LogP contribution in [0.1, 0.15) is 51.6 Å². The van der Waals surface area contributed by atoms with Gasteiger partial charge in [-0.25, -0.2) is 4.68 Å². The number of amides is 1. The molecule has 0 bridgehead atoms. The second kappa shape index (κ2) is 12.0. The van der Waals surface area contributed by atoms with E-state index in [1.165, 1.54) is 0 Å². The van der Waals surface area contributed by atoms with Gasteiger partial charge in [-0.15, -0.1) is 5.10 Å². The summed E-state index contributed by atoms with van der Waals surface area (Å²) >= 11 is 1.60. The number of anilines is 2. The van der Waals surface area contributed by atoms with Gasteiger partial charge in [-0.1, -0.05) is 56.3 Å². The van der Waals surface area contributed by atoms with Crippen LogP contribution in [0.3, 0.4) is 0 Å². The molecule has 0 saturated heterocycles. The third kappa shape index (κ3) is 5.67. The lowest BCUT2D eigenvalue weighted by molar-refractivity contribution is -0.113. The summed E-state index contributed by atoms with van der Waals surface area (Å²) in [5.41, 5.74) is 2.86. The fraction of sp³-hybridized carbons (Fsp3) is 0.370. The van der Waals surface area contributed by atoms with Crippen molar-refractivity contribution in [2.45, 2.75) is 51.2 Å². The quantitative estimate of drug-likeness (QED) is 0.247. The van der Waals surface area contributed by atoms with Crippen molar-refractivity contribution in [1.82, 2.24) is 14.8 Å². The number of methoxy groups -OCH3 is 1.